The quantitative estimate of drug-likeness (QED) is 0.798. The lowest BCUT2D eigenvalue weighted by Gasteiger charge is -2.37. The van der Waals surface area contributed by atoms with Gasteiger partial charge in [-0.3, -0.25) is 9.69 Å². The number of halogens is 1. The first kappa shape index (κ1) is 21.1. The van der Waals surface area contributed by atoms with Crippen LogP contribution in [0.3, 0.4) is 0 Å². The van der Waals surface area contributed by atoms with Crippen LogP contribution in [0, 0.1) is 34.4 Å². The highest BCUT2D eigenvalue weighted by atomic mass is 19.1. The standard InChI is InChI=1S/C22H28FN5O/c23-20-2-1-3-21(19(20)16-25)28-14-12-27(13-15-28)11-9-17-4-6-18(7-5-17)26-22(29)8-10-24/h1-3,17-18H,4-9,11-15H2,(H,26,29). The Bertz CT molecular complexity index is 783. The van der Waals surface area contributed by atoms with Gasteiger partial charge in [0.1, 0.15) is 23.9 Å². The molecule has 0 unspecified atom stereocenters. The van der Waals surface area contributed by atoms with Crippen LogP contribution in [0.2, 0.25) is 0 Å². The molecule has 0 bridgehead atoms. The number of piperazine rings is 1. The van der Waals surface area contributed by atoms with Crippen LogP contribution in [0.4, 0.5) is 10.1 Å². The number of anilines is 1. The van der Waals surface area contributed by atoms with E-state index in [0.29, 0.717) is 11.6 Å². The Morgan fingerprint density at radius 1 is 1.14 bits per heavy atom. The van der Waals surface area contributed by atoms with Gasteiger partial charge < -0.3 is 10.2 Å². The van der Waals surface area contributed by atoms with E-state index in [-0.39, 0.29) is 23.9 Å². The number of nitrogens with one attached hydrogen (secondary N) is 1. The molecule has 0 spiro atoms. The van der Waals surface area contributed by atoms with Crippen LogP contribution >= 0.6 is 0 Å². The van der Waals surface area contributed by atoms with Crippen LogP contribution in [-0.4, -0.2) is 49.6 Å². The first-order valence-corrected chi connectivity index (χ1v) is 10.4. The second-order valence-electron chi connectivity index (χ2n) is 7.98. The minimum atomic E-state index is -0.452. The van der Waals surface area contributed by atoms with E-state index in [1.807, 2.05) is 18.2 Å². The van der Waals surface area contributed by atoms with Gasteiger partial charge in [0, 0.05) is 32.2 Å². The summed E-state index contributed by atoms with van der Waals surface area (Å²) < 4.78 is 13.8. The molecular formula is C22H28FN5O. The van der Waals surface area contributed by atoms with Gasteiger partial charge in [-0.2, -0.15) is 10.5 Å². The van der Waals surface area contributed by atoms with Gasteiger partial charge in [0.25, 0.3) is 0 Å². The monoisotopic (exact) mass is 397 g/mol. The van der Waals surface area contributed by atoms with Crippen molar-refractivity contribution in [1.82, 2.24) is 10.2 Å². The van der Waals surface area contributed by atoms with Crippen molar-refractivity contribution in [3.63, 3.8) is 0 Å². The van der Waals surface area contributed by atoms with E-state index in [9.17, 15) is 14.4 Å². The maximum atomic E-state index is 13.8. The predicted molar refractivity (Wildman–Crippen MR) is 109 cm³/mol. The van der Waals surface area contributed by atoms with Crippen LogP contribution in [-0.2, 0) is 4.79 Å². The zero-order valence-corrected chi connectivity index (χ0v) is 16.7. The topological polar surface area (TPSA) is 83.2 Å². The highest BCUT2D eigenvalue weighted by Gasteiger charge is 2.24. The molecule has 1 saturated carbocycles. The fourth-order valence-corrected chi connectivity index (χ4v) is 4.41. The molecule has 6 nitrogen and oxygen atoms in total. The number of carbonyl (C=O) groups excluding carboxylic acids is 1. The summed E-state index contributed by atoms with van der Waals surface area (Å²) in [4.78, 5) is 16.1. The molecule has 0 radical (unpaired) electrons. The SMILES string of the molecule is N#CCC(=O)NC1CCC(CCN2CCN(c3cccc(F)c3C#N)CC2)CC1. The third kappa shape index (κ3) is 5.68. The largest absolute Gasteiger partial charge is 0.368 e. The summed E-state index contributed by atoms with van der Waals surface area (Å²) in [7, 11) is 0. The third-order valence-electron chi connectivity index (χ3n) is 6.12. The van der Waals surface area contributed by atoms with Crippen molar-refractivity contribution in [3.05, 3.63) is 29.6 Å². The third-order valence-corrected chi connectivity index (χ3v) is 6.12. The summed E-state index contributed by atoms with van der Waals surface area (Å²) in [5, 5.41) is 20.8. The summed E-state index contributed by atoms with van der Waals surface area (Å²) in [6.07, 6.45) is 5.32. The van der Waals surface area contributed by atoms with Crippen molar-refractivity contribution in [2.75, 3.05) is 37.6 Å². The molecular weight excluding hydrogens is 369 g/mol. The van der Waals surface area contributed by atoms with Crippen LogP contribution in [0.1, 0.15) is 44.1 Å². The molecule has 154 valence electrons. The molecule has 1 heterocycles. The van der Waals surface area contributed by atoms with E-state index in [1.165, 1.54) is 6.07 Å². The average Bonchev–Trinajstić information content (AvgIpc) is 2.73. The van der Waals surface area contributed by atoms with E-state index in [2.05, 4.69) is 15.1 Å². The molecule has 1 aliphatic heterocycles. The number of nitrogens with zero attached hydrogens (tertiary/aromatic N) is 4. The number of nitriles is 2. The van der Waals surface area contributed by atoms with E-state index in [4.69, 9.17) is 5.26 Å². The Hall–Kier alpha value is -2.64. The van der Waals surface area contributed by atoms with E-state index in [0.717, 1.165) is 64.8 Å². The van der Waals surface area contributed by atoms with Gasteiger partial charge in [-0.15, -0.1) is 0 Å². The minimum absolute atomic E-state index is 0.0581. The van der Waals surface area contributed by atoms with Gasteiger partial charge in [-0.25, -0.2) is 4.39 Å². The molecule has 7 heteroatoms. The highest BCUT2D eigenvalue weighted by molar-refractivity contribution is 5.78. The zero-order chi connectivity index (χ0) is 20.6. The average molecular weight is 397 g/mol. The Morgan fingerprint density at radius 3 is 2.52 bits per heavy atom. The summed E-state index contributed by atoms with van der Waals surface area (Å²) in [6.45, 7) is 4.49. The molecule has 1 N–H and O–H groups in total. The van der Waals surface area contributed by atoms with Crippen molar-refractivity contribution >= 4 is 11.6 Å². The van der Waals surface area contributed by atoms with E-state index >= 15 is 0 Å². The van der Waals surface area contributed by atoms with Crippen LogP contribution in [0.15, 0.2) is 18.2 Å². The Balaban J connectivity index is 1.38. The van der Waals surface area contributed by atoms with Gasteiger partial charge in [0.05, 0.1) is 11.8 Å². The number of amides is 1. The maximum Gasteiger partial charge on any atom is 0.234 e. The second-order valence-corrected chi connectivity index (χ2v) is 7.98. The molecule has 2 fully saturated rings. The molecule has 1 aliphatic carbocycles. The van der Waals surface area contributed by atoms with Crippen LogP contribution in [0.25, 0.3) is 0 Å². The Labute approximate surface area is 171 Å². The molecule has 2 aliphatic rings. The van der Waals surface area contributed by atoms with Crippen molar-refractivity contribution in [2.45, 2.75) is 44.6 Å². The summed E-state index contributed by atoms with van der Waals surface area (Å²) in [6, 6.07) is 8.92. The fourth-order valence-electron chi connectivity index (χ4n) is 4.41. The summed E-state index contributed by atoms with van der Waals surface area (Å²) >= 11 is 0. The second kappa shape index (κ2) is 10.2. The summed E-state index contributed by atoms with van der Waals surface area (Å²) in [5.41, 5.74) is 0.837. The number of hydrogen-bond acceptors (Lipinski definition) is 5. The number of carbonyl (C=O) groups is 1. The van der Waals surface area contributed by atoms with Gasteiger partial charge in [-0.05, 0) is 56.7 Å². The van der Waals surface area contributed by atoms with Gasteiger partial charge in [0.2, 0.25) is 5.91 Å². The lowest BCUT2D eigenvalue weighted by atomic mass is 9.84. The maximum absolute atomic E-state index is 13.8. The molecule has 29 heavy (non-hydrogen) atoms. The smallest absolute Gasteiger partial charge is 0.234 e. The Morgan fingerprint density at radius 2 is 1.86 bits per heavy atom. The van der Waals surface area contributed by atoms with Gasteiger partial charge in [-0.1, -0.05) is 6.07 Å². The van der Waals surface area contributed by atoms with Crippen molar-refractivity contribution in [1.29, 1.82) is 10.5 Å². The lowest BCUT2D eigenvalue weighted by molar-refractivity contribution is -0.121. The first-order chi connectivity index (χ1) is 14.1. The molecule has 1 aromatic rings. The van der Waals surface area contributed by atoms with E-state index < -0.39 is 5.82 Å². The van der Waals surface area contributed by atoms with E-state index in [1.54, 1.807) is 6.07 Å². The van der Waals surface area contributed by atoms with Gasteiger partial charge >= 0.3 is 0 Å². The summed E-state index contributed by atoms with van der Waals surface area (Å²) in [5.74, 6) is 0.0732. The fraction of sp³-hybridized carbons (Fsp3) is 0.591. The Kier molecular flexibility index (Phi) is 7.43. The molecule has 1 aromatic carbocycles. The van der Waals surface area contributed by atoms with Crippen molar-refractivity contribution in [3.8, 4) is 12.1 Å². The van der Waals surface area contributed by atoms with Crippen molar-refractivity contribution in [2.24, 2.45) is 5.92 Å². The molecule has 0 atom stereocenters. The highest BCUT2D eigenvalue weighted by Crippen LogP contribution is 2.28. The first-order valence-electron chi connectivity index (χ1n) is 10.4. The molecule has 0 aromatic heterocycles. The van der Waals surface area contributed by atoms with Crippen LogP contribution < -0.4 is 10.2 Å². The zero-order valence-electron chi connectivity index (χ0n) is 16.7. The molecule has 1 amide bonds. The molecule has 1 saturated heterocycles. The van der Waals surface area contributed by atoms with Crippen molar-refractivity contribution < 1.29 is 9.18 Å². The molecule has 3 rings (SSSR count). The number of benzene rings is 1. The van der Waals surface area contributed by atoms with Crippen LogP contribution in [0.5, 0.6) is 0 Å². The lowest BCUT2D eigenvalue weighted by Crippen LogP contribution is -2.47. The van der Waals surface area contributed by atoms with Gasteiger partial charge in [0.15, 0.2) is 0 Å². The normalized spacial score (nSPS) is 22.5. The number of rotatable bonds is 6. The number of hydrogen-bond donors (Lipinski definition) is 1. The minimum Gasteiger partial charge on any atom is -0.368 e. The predicted octanol–water partition coefficient (Wildman–Crippen LogP) is 2.80.